The van der Waals surface area contributed by atoms with Gasteiger partial charge in [-0.1, -0.05) is 6.07 Å². The van der Waals surface area contributed by atoms with Crippen molar-refractivity contribution >= 4 is 17.0 Å². The molecule has 1 aromatic carbocycles. The van der Waals surface area contributed by atoms with Crippen molar-refractivity contribution in [3.8, 4) is 0 Å². The molecule has 0 aliphatic carbocycles. The minimum atomic E-state index is -0.957. The van der Waals surface area contributed by atoms with Gasteiger partial charge in [-0.15, -0.1) is 0 Å². The smallest absolute Gasteiger partial charge is 0.337 e. The molecule has 0 saturated carbocycles. The van der Waals surface area contributed by atoms with E-state index in [1.54, 1.807) is 41.4 Å². The van der Waals surface area contributed by atoms with Crippen LogP contribution in [0.3, 0.4) is 0 Å². The van der Waals surface area contributed by atoms with Gasteiger partial charge in [-0.3, -0.25) is 0 Å². The highest BCUT2D eigenvalue weighted by molar-refractivity contribution is 6.01. The number of imidazole rings is 1. The van der Waals surface area contributed by atoms with Crippen LogP contribution >= 0.6 is 0 Å². The van der Waals surface area contributed by atoms with Crippen molar-refractivity contribution in [2.75, 3.05) is 0 Å². The van der Waals surface area contributed by atoms with Crippen LogP contribution in [-0.4, -0.2) is 20.6 Å². The minimum absolute atomic E-state index is 0.247. The average molecular weight is 242 g/mol. The Morgan fingerprint density at radius 3 is 2.94 bits per heavy atom. The summed E-state index contributed by atoms with van der Waals surface area (Å²) in [6, 6.07) is 8.70. The molecule has 0 saturated heterocycles. The van der Waals surface area contributed by atoms with Gasteiger partial charge in [0.2, 0.25) is 0 Å². The lowest BCUT2D eigenvalue weighted by molar-refractivity contribution is 0.0698. The van der Waals surface area contributed by atoms with Crippen molar-refractivity contribution in [1.29, 1.82) is 0 Å². The Labute approximate surface area is 102 Å². The maximum absolute atomic E-state index is 11.2. The monoisotopic (exact) mass is 242 g/mol. The van der Waals surface area contributed by atoms with E-state index < -0.39 is 5.97 Å². The summed E-state index contributed by atoms with van der Waals surface area (Å²) in [6.07, 6.45) is 3.21. The van der Waals surface area contributed by atoms with Crippen molar-refractivity contribution < 1.29 is 14.3 Å². The molecule has 3 rings (SSSR count). The van der Waals surface area contributed by atoms with Crippen molar-refractivity contribution in [1.82, 2.24) is 9.55 Å². The van der Waals surface area contributed by atoms with Crippen LogP contribution in [0.4, 0.5) is 0 Å². The van der Waals surface area contributed by atoms with Crippen LogP contribution in [0, 0.1) is 0 Å². The van der Waals surface area contributed by atoms with Gasteiger partial charge in [0.15, 0.2) is 0 Å². The summed E-state index contributed by atoms with van der Waals surface area (Å²) in [5, 5.41) is 9.19. The lowest BCUT2D eigenvalue weighted by Crippen LogP contribution is -2.03. The molecule has 1 N–H and O–H groups in total. The maximum Gasteiger partial charge on any atom is 0.337 e. The first-order chi connectivity index (χ1) is 8.75. The third-order valence-electron chi connectivity index (χ3n) is 2.77. The van der Waals surface area contributed by atoms with Gasteiger partial charge in [-0.2, -0.15) is 0 Å². The van der Waals surface area contributed by atoms with E-state index in [4.69, 9.17) is 4.42 Å². The van der Waals surface area contributed by atoms with E-state index in [1.807, 2.05) is 6.07 Å². The summed E-state index contributed by atoms with van der Waals surface area (Å²) in [4.78, 5) is 15.4. The molecule has 18 heavy (non-hydrogen) atoms. The molecule has 0 atom stereocenters. The molecule has 5 nitrogen and oxygen atoms in total. The summed E-state index contributed by atoms with van der Waals surface area (Å²) in [5.41, 5.74) is 1.53. The number of carboxylic acid groups (broad SMARTS) is 1. The van der Waals surface area contributed by atoms with Gasteiger partial charge in [0.25, 0.3) is 0 Å². The summed E-state index contributed by atoms with van der Waals surface area (Å²) in [5.74, 6) is -0.198. The predicted molar refractivity (Wildman–Crippen MR) is 64.5 cm³/mol. The Morgan fingerprint density at radius 2 is 2.22 bits per heavy atom. The van der Waals surface area contributed by atoms with Crippen LogP contribution in [0.5, 0.6) is 0 Å². The number of carboxylic acids is 1. The summed E-state index contributed by atoms with van der Waals surface area (Å²) < 4.78 is 7.04. The van der Waals surface area contributed by atoms with Crippen LogP contribution in [0.2, 0.25) is 0 Å². The third-order valence-corrected chi connectivity index (χ3v) is 2.77. The average Bonchev–Trinajstić information content (AvgIpc) is 2.99. The standard InChI is InChI=1S/C13H10N2O3/c16-13(17)10-4-1-5-11-12(10)15(8-14-11)7-9-3-2-6-18-9/h1-6,8H,7H2,(H,16,17). The van der Waals surface area contributed by atoms with Crippen LogP contribution in [0.15, 0.2) is 47.3 Å². The minimum Gasteiger partial charge on any atom is -0.478 e. The lowest BCUT2D eigenvalue weighted by atomic mass is 10.2. The molecule has 2 aromatic heterocycles. The highest BCUT2D eigenvalue weighted by atomic mass is 16.4. The van der Waals surface area contributed by atoms with Gasteiger partial charge in [-0.05, 0) is 24.3 Å². The van der Waals surface area contributed by atoms with Gasteiger partial charge in [0, 0.05) is 0 Å². The fourth-order valence-corrected chi connectivity index (χ4v) is 1.99. The fraction of sp³-hybridized carbons (Fsp3) is 0.0769. The second kappa shape index (κ2) is 4.03. The first-order valence-corrected chi connectivity index (χ1v) is 5.45. The molecule has 3 aromatic rings. The number of para-hydroxylation sites is 1. The van der Waals surface area contributed by atoms with E-state index in [2.05, 4.69) is 4.98 Å². The number of furan rings is 1. The first kappa shape index (κ1) is 10.6. The molecule has 90 valence electrons. The van der Waals surface area contributed by atoms with Crippen LogP contribution in [0.1, 0.15) is 16.1 Å². The molecule has 0 spiro atoms. The SMILES string of the molecule is O=C(O)c1cccc2ncn(Cc3ccco3)c12. The molecule has 0 amide bonds. The number of rotatable bonds is 3. The molecule has 0 aliphatic rings. The van der Waals surface area contributed by atoms with Crippen LogP contribution < -0.4 is 0 Å². The zero-order valence-corrected chi connectivity index (χ0v) is 9.41. The van der Waals surface area contributed by atoms with Crippen molar-refractivity contribution in [2.45, 2.75) is 6.54 Å². The second-order valence-electron chi connectivity index (χ2n) is 3.93. The molecule has 0 fully saturated rings. The Kier molecular flexibility index (Phi) is 2.37. The second-order valence-corrected chi connectivity index (χ2v) is 3.93. The van der Waals surface area contributed by atoms with Gasteiger partial charge >= 0.3 is 5.97 Å². The number of hydrogen-bond donors (Lipinski definition) is 1. The Balaban J connectivity index is 2.15. The summed E-state index contributed by atoms with van der Waals surface area (Å²) in [6.45, 7) is 0.466. The topological polar surface area (TPSA) is 68.3 Å². The van der Waals surface area contributed by atoms with Gasteiger partial charge in [-0.25, -0.2) is 9.78 Å². The van der Waals surface area contributed by atoms with E-state index in [9.17, 15) is 9.90 Å². The zero-order valence-electron chi connectivity index (χ0n) is 9.41. The molecule has 0 bridgehead atoms. The molecule has 0 radical (unpaired) electrons. The van der Waals surface area contributed by atoms with Crippen LogP contribution in [0.25, 0.3) is 11.0 Å². The number of fused-ring (bicyclic) bond motifs is 1. The largest absolute Gasteiger partial charge is 0.478 e. The summed E-state index contributed by atoms with van der Waals surface area (Å²) >= 11 is 0. The summed E-state index contributed by atoms with van der Waals surface area (Å²) in [7, 11) is 0. The predicted octanol–water partition coefficient (Wildman–Crippen LogP) is 2.38. The first-order valence-electron chi connectivity index (χ1n) is 5.45. The van der Waals surface area contributed by atoms with E-state index >= 15 is 0 Å². The molecule has 0 aliphatic heterocycles. The number of aromatic carboxylic acids is 1. The molecular formula is C13H10N2O3. The Bertz CT molecular complexity index is 698. The van der Waals surface area contributed by atoms with Crippen molar-refractivity contribution in [2.24, 2.45) is 0 Å². The lowest BCUT2D eigenvalue weighted by Gasteiger charge is -2.04. The number of nitrogens with zero attached hydrogens (tertiary/aromatic N) is 2. The van der Waals surface area contributed by atoms with Gasteiger partial charge in [0.05, 0.1) is 35.7 Å². The number of carbonyl (C=O) groups is 1. The number of hydrogen-bond acceptors (Lipinski definition) is 3. The maximum atomic E-state index is 11.2. The van der Waals surface area contributed by atoms with Crippen LogP contribution in [-0.2, 0) is 6.54 Å². The van der Waals surface area contributed by atoms with E-state index in [-0.39, 0.29) is 5.56 Å². The molecular weight excluding hydrogens is 232 g/mol. The fourth-order valence-electron chi connectivity index (χ4n) is 1.99. The third kappa shape index (κ3) is 1.66. The number of aromatic nitrogens is 2. The van der Waals surface area contributed by atoms with E-state index in [1.165, 1.54) is 0 Å². The highest BCUT2D eigenvalue weighted by Crippen LogP contribution is 2.19. The normalized spacial score (nSPS) is 10.9. The van der Waals surface area contributed by atoms with Gasteiger partial charge in [0.1, 0.15) is 5.76 Å². The molecule has 2 heterocycles. The quantitative estimate of drug-likeness (QED) is 0.765. The van der Waals surface area contributed by atoms with Crippen molar-refractivity contribution in [3.63, 3.8) is 0 Å². The van der Waals surface area contributed by atoms with Gasteiger partial charge < -0.3 is 14.1 Å². The van der Waals surface area contributed by atoms with E-state index in [0.717, 1.165) is 5.76 Å². The number of benzene rings is 1. The Hall–Kier alpha value is -2.56. The van der Waals surface area contributed by atoms with E-state index in [0.29, 0.717) is 17.6 Å². The molecule has 5 heteroatoms. The highest BCUT2D eigenvalue weighted by Gasteiger charge is 2.13. The zero-order chi connectivity index (χ0) is 12.5. The molecule has 0 unspecified atom stereocenters. The van der Waals surface area contributed by atoms with Crippen molar-refractivity contribution in [3.05, 3.63) is 54.2 Å². The Morgan fingerprint density at radius 1 is 1.33 bits per heavy atom.